The molecule has 0 radical (unpaired) electrons. The molecule has 32 heavy (non-hydrogen) atoms. The summed E-state index contributed by atoms with van der Waals surface area (Å²) in [7, 11) is 0. The van der Waals surface area contributed by atoms with Crippen LogP contribution in [0, 0.1) is 0 Å². The monoisotopic (exact) mass is 445 g/mol. The molecule has 0 saturated carbocycles. The minimum atomic E-state index is -2.72. The van der Waals surface area contributed by atoms with E-state index in [9.17, 15) is 18.4 Å². The second-order valence-corrected chi connectivity index (χ2v) is 7.98. The Kier molecular flexibility index (Phi) is 4.78. The number of aromatic nitrogens is 2. The number of ether oxygens (including phenoxy) is 2. The number of hydrogen-bond donors (Lipinski definition) is 2. The number of nitrogens with two attached hydrogens (primary N) is 1. The summed E-state index contributed by atoms with van der Waals surface area (Å²) in [6.07, 6.45) is 0.507. The summed E-state index contributed by atoms with van der Waals surface area (Å²) in [5.41, 5.74) is 9.03. The molecule has 1 aromatic heterocycles. The van der Waals surface area contributed by atoms with Crippen LogP contribution in [-0.4, -0.2) is 53.1 Å². The van der Waals surface area contributed by atoms with Crippen molar-refractivity contribution < 1.29 is 27.8 Å². The first-order valence-corrected chi connectivity index (χ1v) is 10.3. The third kappa shape index (κ3) is 3.08. The van der Waals surface area contributed by atoms with Gasteiger partial charge in [-0.05, 0) is 30.9 Å². The number of rotatable bonds is 5. The summed E-state index contributed by atoms with van der Waals surface area (Å²) in [6.45, 7) is 2.16. The number of primary amides is 1. The topological polar surface area (TPSA) is 112 Å². The number of nitrogens with one attached hydrogen (secondary N) is 1. The SMILES string of the molecule is C[C@H](Nc1cc2c(c3c1CC3)-c1nc(N3C(=C=O)OC[C@H]3C(F)F)cn1CCO2)C(N)=O. The van der Waals surface area contributed by atoms with Crippen molar-refractivity contribution in [3.63, 3.8) is 0 Å². The van der Waals surface area contributed by atoms with Crippen molar-refractivity contribution in [3.05, 3.63) is 29.3 Å². The normalized spacial score (nSPS) is 19.6. The molecule has 0 bridgehead atoms. The fourth-order valence-electron chi connectivity index (χ4n) is 4.32. The maximum atomic E-state index is 13.5. The Bertz CT molecular complexity index is 1160. The van der Waals surface area contributed by atoms with E-state index in [0.717, 1.165) is 40.1 Å². The minimum Gasteiger partial charge on any atom is -0.491 e. The molecule has 1 amide bonds. The molecule has 1 saturated heterocycles. The average Bonchev–Trinajstić information content (AvgIpc) is 3.29. The van der Waals surface area contributed by atoms with Crippen molar-refractivity contribution in [2.45, 2.75) is 44.8 Å². The number of alkyl halides is 2. The number of nitrogens with zero attached hydrogens (tertiary/aromatic N) is 3. The van der Waals surface area contributed by atoms with Crippen molar-refractivity contribution in [1.82, 2.24) is 9.55 Å². The fourth-order valence-corrected chi connectivity index (χ4v) is 4.32. The van der Waals surface area contributed by atoms with Crippen LogP contribution in [0.15, 0.2) is 18.1 Å². The maximum absolute atomic E-state index is 13.5. The Morgan fingerprint density at radius 1 is 1.34 bits per heavy atom. The average molecular weight is 445 g/mol. The van der Waals surface area contributed by atoms with E-state index >= 15 is 0 Å². The number of anilines is 2. The van der Waals surface area contributed by atoms with Gasteiger partial charge in [-0.15, -0.1) is 0 Å². The summed E-state index contributed by atoms with van der Waals surface area (Å²) in [4.78, 5) is 28.5. The molecular formula is C21H21F2N5O4. The van der Waals surface area contributed by atoms with E-state index in [1.807, 2.05) is 10.6 Å². The number of carbonyl (C=O) groups excluding carboxylic acids is 2. The van der Waals surface area contributed by atoms with Gasteiger partial charge in [-0.2, -0.15) is 0 Å². The Morgan fingerprint density at radius 3 is 2.78 bits per heavy atom. The van der Waals surface area contributed by atoms with E-state index in [1.54, 1.807) is 19.1 Å². The van der Waals surface area contributed by atoms with Crippen molar-refractivity contribution in [3.8, 4) is 17.1 Å². The van der Waals surface area contributed by atoms with Gasteiger partial charge in [0.05, 0.1) is 12.1 Å². The first-order valence-electron chi connectivity index (χ1n) is 10.3. The molecule has 3 aliphatic rings. The smallest absolute Gasteiger partial charge is 0.284 e. The van der Waals surface area contributed by atoms with Crippen LogP contribution >= 0.6 is 0 Å². The Hall–Kier alpha value is -3.59. The predicted molar refractivity (Wildman–Crippen MR) is 110 cm³/mol. The highest BCUT2D eigenvalue weighted by Gasteiger charge is 2.41. The Balaban J connectivity index is 1.59. The van der Waals surface area contributed by atoms with Crippen LogP contribution in [0.5, 0.6) is 5.75 Å². The van der Waals surface area contributed by atoms with Gasteiger partial charge in [-0.25, -0.2) is 18.6 Å². The lowest BCUT2D eigenvalue weighted by atomic mass is 9.82. The van der Waals surface area contributed by atoms with E-state index in [0.29, 0.717) is 24.7 Å². The molecule has 2 aliphatic heterocycles. The number of fused-ring (bicyclic) bond motifs is 5. The van der Waals surface area contributed by atoms with Crippen LogP contribution in [0.3, 0.4) is 0 Å². The lowest BCUT2D eigenvalue weighted by Gasteiger charge is -2.28. The van der Waals surface area contributed by atoms with E-state index < -0.39 is 24.4 Å². The molecule has 1 aliphatic carbocycles. The molecule has 2 atom stereocenters. The summed E-state index contributed by atoms with van der Waals surface area (Å²) in [6, 6.07) is -0.0349. The zero-order valence-corrected chi connectivity index (χ0v) is 17.2. The van der Waals surface area contributed by atoms with Gasteiger partial charge in [0.15, 0.2) is 11.8 Å². The first-order chi connectivity index (χ1) is 15.4. The van der Waals surface area contributed by atoms with Gasteiger partial charge < -0.3 is 25.1 Å². The summed E-state index contributed by atoms with van der Waals surface area (Å²) < 4.78 is 40.0. The van der Waals surface area contributed by atoms with Crippen LogP contribution < -0.4 is 20.7 Å². The van der Waals surface area contributed by atoms with Gasteiger partial charge in [0.25, 0.3) is 12.3 Å². The highest BCUT2D eigenvalue weighted by molar-refractivity contribution is 5.85. The third-order valence-corrected chi connectivity index (χ3v) is 6.08. The van der Waals surface area contributed by atoms with Crippen LogP contribution in [0.2, 0.25) is 0 Å². The van der Waals surface area contributed by atoms with Gasteiger partial charge in [-0.1, -0.05) is 0 Å². The van der Waals surface area contributed by atoms with Gasteiger partial charge in [-0.3, -0.25) is 9.69 Å². The lowest BCUT2D eigenvalue weighted by molar-refractivity contribution is -0.118. The molecule has 0 spiro atoms. The summed E-state index contributed by atoms with van der Waals surface area (Å²) >= 11 is 0. The number of imidazole rings is 1. The molecule has 11 heteroatoms. The van der Waals surface area contributed by atoms with E-state index in [-0.39, 0.29) is 18.3 Å². The standard InChI is InChI=1S/C21H21F2N5O4/c1-10(20(24)30)25-13-6-15-18(12-3-2-11(12)13)21-26-16(7-27(21)4-5-31-15)28-14(19(22)23)9-32-17(28)8-29/h6-7,10,14,19,25H,2-5,9H2,1H3,(H2,24,30)/t10-,14-/m0/s1. The molecule has 0 unspecified atom stereocenters. The highest BCUT2D eigenvalue weighted by atomic mass is 19.3. The molecule has 3 heterocycles. The number of halogens is 2. The number of carbonyl (C=O) groups is 1. The summed E-state index contributed by atoms with van der Waals surface area (Å²) in [5, 5.41) is 3.14. The largest absolute Gasteiger partial charge is 0.491 e. The molecule has 5 rings (SSSR count). The second-order valence-electron chi connectivity index (χ2n) is 7.98. The van der Waals surface area contributed by atoms with Crippen LogP contribution in [0.1, 0.15) is 18.1 Å². The number of benzene rings is 1. The molecule has 168 valence electrons. The quantitative estimate of drug-likeness (QED) is 0.671. The fraction of sp³-hybridized carbons (Fsp3) is 0.429. The molecule has 1 aromatic carbocycles. The predicted octanol–water partition coefficient (Wildman–Crippen LogP) is 1.47. The minimum absolute atomic E-state index is 0.201. The molecule has 1 fully saturated rings. The van der Waals surface area contributed by atoms with Crippen molar-refractivity contribution in [1.29, 1.82) is 0 Å². The van der Waals surface area contributed by atoms with E-state index in [4.69, 9.17) is 15.2 Å². The maximum Gasteiger partial charge on any atom is 0.284 e. The number of hydrogen-bond acceptors (Lipinski definition) is 7. The first kappa shape index (κ1) is 20.3. The van der Waals surface area contributed by atoms with E-state index in [2.05, 4.69) is 10.3 Å². The lowest BCUT2D eigenvalue weighted by Crippen LogP contribution is -2.36. The molecular weight excluding hydrogens is 424 g/mol. The van der Waals surface area contributed by atoms with Gasteiger partial charge in [0, 0.05) is 18.0 Å². The number of amides is 1. The van der Waals surface area contributed by atoms with Crippen molar-refractivity contribution in [2.75, 3.05) is 23.4 Å². The molecule has 9 nitrogen and oxygen atoms in total. The van der Waals surface area contributed by atoms with Crippen LogP contribution in [0.4, 0.5) is 20.3 Å². The van der Waals surface area contributed by atoms with Gasteiger partial charge >= 0.3 is 0 Å². The van der Waals surface area contributed by atoms with Gasteiger partial charge in [0.2, 0.25) is 5.91 Å². The molecule has 3 N–H and O–H groups in total. The van der Waals surface area contributed by atoms with Crippen molar-refractivity contribution >= 4 is 23.4 Å². The summed E-state index contributed by atoms with van der Waals surface area (Å²) in [5.74, 6) is 2.19. The Morgan fingerprint density at radius 2 is 2.12 bits per heavy atom. The molecule has 2 aromatic rings. The third-order valence-electron chi connectivity index (χ3n) is 6.08. The highest BCUT2D eigenvalue weighted by Crippen LogP contribution is 2.46. The van der Waals surface area contributed by atoms with Crippen LogP contribution in [-0.2, 0) is 33.7 Å². The zero-order chi connectivity index (χ0) is 22.6. The van der Waals surface area contributed by atoms with E-state index in [1.165, 1.54) is 0 Å². The van der Waals surface area contributed by atoms with Gasteiger partial charge in [0.1, 0.15) is 36.9 Å². The van der Waals surface area contributed by atoms with Crippen LogP contribution in [0.25, 0.3) is 11.4 Å². The second kappa shape index (κ2) is 7.52. The Labute approximate surface area is 181 Å². The van der Waals surface area contributed by atoms with Crippen molar-refractivity contribution in [2.24, 2.45) is 5.73 Å². The zero-order valence-electron chi connectivity index (χ0n) is 17.2.